The molecule has 4 rings (SSSR count). The number of likely N-dealkylation sites (tertiary alicyclic amines) is 1. The molecule has 2 aliphatic rings. The molecule has 0 saturated carbocycles. The van der Waals surface area contributed by atoms with Crippen LogP contribution in [0.15, 0.2) is 36.7 Å². The maximum atomic E-state index is 13.1. The van der Waals surface area contributed by atoms with Crippen molar-refractivity contribution in [1.29, 1.82) is 0 Å². The third kappa shape index (κ3) is 4.06. The first-order valence-corrected chi connectivity index (χ1v) is 9.55. The lowest BCUT2D eigenvalue weighted by Crippen LogP contribution is -2.44. The third-order valence-corrected chi connectivity index (χ3v) is 5.45. The van der Waals surface area contributed by atoms with Crippen LogP contribution in [0.2, 0.25) is 0 Å². The summed E-state index contributed by atoms with van der Waals surface area (Å²) in [5, 5.41) is 7.73. The molecule has 1 aromatic carbocycles. The van der Waals surface area contributed by atoms with E-state index in [-0.39, 0.29) is 30.2 Å². The van der Waals surface area contributed by atoms with Crippen molar-refractivity contribution >= 4 is 11.8 Å². The quantitative estimate of drug-likeness (QED) is 0.843. The molecule has 148 valence electrons. The number of hydrogen-bond acceptors (Lipinski definition) is 4. The number of fused-ring (bicyclic) bond motifs is 2. The van der Waals surface area contributed by atoms with Crippen LogP contribution in [0.3, 0.4) is 0 Å². The summed E-state index contributed by atoms with van der Waals surface area (Å²) in [6.45, 7) is 1.09. The number of amides is 2. The molecule has 3 heterocycles. The molecule has 0 spiro atoms. The minimum Gasteiger partial charge on any atom is -0.340 e. The predicted molar refractivity (Wildman–Crippen MR) is 101 cm³/mol. The van der Waals surface area contributed by atoms with Crippen LogP contribution in [-0.2, 0) is 16.1 Å². The lowest BCUT2D eigenvalue weighted by atomic mass is 10.1. The summed E-state index contributed by atoms with van der Waals surface area (Å²) in [5.74, 6) is -0.348. The van der Waals surface area contributed by atoms with Crippen LogP contribution in [0, 0.1) is 5.82 Å². The van der Waals surface area contributed by atoms with Crippen LogP contribution >= 0.6 is 0 Å². The SMILES string of the molecule is CN(Cc1cnn(-c2ccc(F)cc2)c1)C(=O)CN1C[C@@H]2CC[C@H](CC1=O)N2. The number of nitrogens with one attached hydrogen (secondary N) is 1. The summed E-state index contributed by atoms with van der Waals surface area (Å²) in [5.41, 5.74) is 1.61. The summed E-state index contributed by atoms with van der Waals surface area (Å²) < 4.78 is 14.7. The Kier molecular flexibility index (Phi) is 5.13. The second-order valence-electron chi connectivity index (χ2n) is 7.64. The van der Waals surface area contributed by atoms with Crippen LogP contribution in [0.25, 0.3) is 5.69 Å². The Balaban J connectivity index is 1.35. The first kappa shape index (κ1) is 18.6. The Morgan fingerprint density at radius 2 is 2.04 bits per heavy atom. The lowest BCUT2D eigenvalue weighted by Gasteiger charge is -2.26. The number of carbonyl (C=O) groups excluding carboxylic acids is 2. The average molecular weight is 385 g/mol. The fourth-order valence-electron chi connectivity index (χ4n) is 3.89. The molecule has 1 aromatic heterocycles. The Labute approximate surface area is 163 Å². The summed E-state index contributed by atoms with van der Waals surface area (Å²) in [6.07, 6.45) is 6.07. The zero-order valence-corrected chi connectivity index (χ0v) is 15.8. The van der Waals surface area contributed by atoms with E-state index in [0.29, 0.717) is 25.6 Å². The van der Waals surface area contributed by atoms with Crippen molar-refractivity contribution in [2.75, 3.05) is 20.1 Å². The van der Waals surface area contributed by atoms with Gasteiger partial charge in [0.15, 0.2) is 0 Å². The maximum Gasteiger partial charge on any atom is 0.242 e. The van der Waals surface area contributed by atoms with Gasteiger partial charge in [0.1, 0.15) is 5.82 Å². The van der Waals surface area contributed by atoms with Gasteiger partial charge in [-0.1, -0.05) is 0 Å². The summed E-state index contributed by atoms with van der Waals surface area (Å²) in [4.78, 5) is 28.3. The van der Waals surface area contributed by atoms with E-state index in [4.69, 9.17) is 0 Å². The Morgan fingerprint density at radius 3 is 2.82 bits per heavy atom. The molecule has 2 amide bonds. The minimum absolute atomic E-state index is 0.0468. The highest BCUT2D eigenvalue weighted by Gasteiger charge is 2.34. The van der Waals surface area contributed by atoms with Gasteiger partial charge < -0.3 is 15.1 Å². The first-order valence-electron chi connectivity index (χ1n) is 9.55. The summed E-state index contributed by atoms with van der Waals surface area (Å²) >= 11 is 0. The van der Waals surface area contributed by atoms with Crippen LogP contribution in [0.4, 0.5) is 4.39 Å². The van der Waals surface area contributed by atoms with Crippen molar-refractivity contribution in [2.45, 2.75) is 37.9 Å². The number of aromatic nitrogens is 2. The molecular formula is C20H24FN5O2. The molecule has 0 unspecified atom stereocenters. The van der Waals surface area contributed by atoms with Gasteiger partial charge in [-0.15, -0.1) is 0 Å². The van der Waals surface area contributed by atoms with Gasteiger partial charge in [-0.2, -0.15) is 5.10 Å². The van der Waals surface area contributed by atoms with Gasteiger partial charge >= 0.3 is 0 Å². The molecule has 28 heavy (non-hydrogen) atoms. The van der Waals surface area contributed by atoms with Gasteiger partial charge in [0.25, 0.3) is 0 Å². The van der Waals surface area contributed by atoms with Gasteiger partial charge in [0.2, 0.25) is 11.8 Å². The molecule has 2 fully saturated rings. The zero-order valence-electron chi connectivity index (χ0n) is 15.8. The molecule has 2 aliphatic heterocycles. The summed E-state index contributed by atoms with van der Waals surface area (Å²) in [6, 6.07) is 6.61. The van der Waals surface area contributed by atoms with Crippen molar-refractivity contribution in [2.24, 2.45) is 0 Å². The standard InChI is InChI=1S/C20H24FN5O2/c1-24(10-14-9-22-26(11-14)18-6-2-15(21)3-7-18)20(28)13-25-12-17-5-4-16(23-17)8-19(25)27/h2-3,6-7,9,11,16-17,23H,4-5,8,10,12-13H2,1H3/t16-,17+/m1/s1. The molecule has 0 aliphatic carbocycles. The number of nitrogens with zero attached hydrogens (tertiary/aromatic N) is 4. The smallest absolute Gasteiger partial charge is 0.242 e. The number of halogens is 1. The Morgan fingerprint density at radius 1 is 1.29 bits per heavy atom. The van der Waals surface area contributed by atoms with E-state index in [1.165, 1.54) is 12.1 Å². The number of hydrogen-bond donors (Lipinski definition) is 1. The normalized spacial score (nSPS) is 21.6. The molecule has 1 N–H and O–H groups in total. The predicted octanol–water partition coefficient (Wildman–Crippen LogP) is 1.32. The van der Waals surface area contributed by atoms with Crippen molar-refractivity contribution in [3.63, 3.8) is 0 Å². The van der Waals surface area contributed by atoms with Crippen LogP contribution in [0.5, 0.6) is 0 Å². The summed E-state index contributed by atoms with van der Waals surface area (Å²) in [7, 11) is 1.73. The van der Waals surface area contributed by atoms with Crippen molar-refractivity contribution < 1.29 is 14.0 Å². The first-order chi connectivity index (χ1) is 13.5. The van der Waals surface area contributed by atoms with Crippen molar-refractivity contribution in [1.82, 2.24) is 24.9 Å². The minimum atomic E-state index is -0.298. The Hall–Kier alpha value is -2.74. The Bertz CT molecular complexity index is 866. The molecule has 2 aromatic rings. The third-order valence-electron chi connectivity index (χ3n) is 5.45. The van der Waals surface area contributed by atoms with E-state index < -0.39 is 0 Å². The van der Waals surface area contributed by atoms with Gasteiger partial charge in [-0.25, -0.2) is 9.07 Å². The van der Waals surface area contributed by atoms with Gasteiger partial charge in [0, 0.05) is 50.4 Å². The molecule has 2 saturated heterocycles. The number of benzene rings is 1. The van der Waals surface area contributed by atoms with E-state index in [2.05, 4.69) is 10.4 Å². The molecule has 2 atom stereocenters. The van der Waals surface area contributed by atoms with Crippen molar-refractivity contribution in [3.05, 3.63) is 48.0 Å². The average Bonchev–Trinajstić information content (AvgIpc) is 3.27. The molecule has 2 bridgehead atoms. The highest BCUT2D eigenvalue weighted by molar-refractivity contribution is 5.85. The lowest BCUT2D eigenvalue weighted by molar-refractivity contribution is -0.140. The van der Waals surface area contributed by atoms with Gasteiger partial charge in [-0.3, -0.25) is 9.59 Å². The second-order valence-corrected chi connectivity index (χ2v) is 7.64. The molecular weight excluding hydrogens is 361 g/mol. The maximum absolute atomic E-state index is 13.1. The van der Waals surface area contributed by atoms with Crippen LogP contribution in [-0.4, -0.2) is 63.6 Å². The highest BCUT2D eigenvalue weighted by atomic mass is 19.1. The second kappa shape index (κ2) is 7.71. The van der Waals surface area contributed by atoms with E-state index in [1.54, 1.807) is 39.9 Å². The number of likely N-dealkylation sites (N-methyl/N-ethyl adjacent to an activating group) is 1. The monoisotopic (exact) mass is 385 g/mol. The highest BCUT2D eigenvalue weighted by Crippen LogP contribution is 2.21. The van der Waals surface area contributed by atoms with Crippen molar-refractivity contribution in [3.8, 4) is 5.69 Å². The van der Waals surface area contributed by atoms with Gasteiger partial charge in [-0.05, 0) is 37.1 Å². The molecule has 0 radical (unpaired) electrons. The van der Waals surface area contributed by atoms with E-state index in [1.807, 2.05) is 6.20 Å². The molecule has 7 nitrogen and oxygen atoms in total. The van der Waals surface area contributed by atoms with E-state index >= 15 is 0 Å². The molecule has 8 heteroatoms. The largest absolute Gasteiger partial charge is 0.340 e. The number of rotatable bonds is 5. The number of carbonyl (C=O) groups is 2. The van der Waals surface area contributed by atoms with Crippen LogP contribution < -0.4 is 5.32 Å². The fraction of sp³-hybridized carbons (Fsp3) is 0.450. The van der Waals surface area contributed by atoms with Gasteiger partial charge in [0.05, 0.1) is 18.4 Å². The van der Waals surface area contributed by atoms with E-state index in [9.17, 15) is 14.0 Å². The topological polar surface area (TPSA) is 70.5 Å². The zero-order chi connectivity index (χ0) is 19.7. The fourth-order valence-corrected chi connectivity index (χ4v) is 3.89. The van der Waals surface area contributed by atoms with Crippen LogP contribution in [0.1, 0.15) is 24.8 Å². The van der Waals surface area contributed by atoms with E-state index in [0.717, 1.165) is 24.1 Å².